The molecule has 7 nitrogen and oxygen atoms in total. The van der Waals surface area contributed by atoms with Crippen molar-refractivity contribution in [3.8, 4) is 0 Å². The van der Waals surface area contributed by atoms with E-state index in [2.05, 4.69) is 10.6 Å². The van der Waals surface area contributed by atoms with Crippen molar-refractivity contribution in [3.05, 3.63) is 70.8 Å². The van der Waals surface area contributed by atoms with Crippen LogP contribution in [0.2, 0.25) is 0 Å². The molecule has 3 amide bonds. The van der Waals surface area contributed by atoms with Gasteiger partial charge in [-0.15, -0.1) is 0 Å². The Hall–Kier alpha value is -3.00. The van der Waals surface area contributed by atoms with Gasteiger partial charge >= 0.3 is 6.09 Å². The minimum absolute atomic E-state index is 0.0629. The van der Waals surface area contributed by atoms with Crippen LogP contribution in [0.3, 0.4) is 0 Å². The molecule has 0 saturated heterocycles. The average molecular weight is 540 g/mol. The number of carbonyl (C=O) groups is 3. The van der Waals surface area contributed by atoms with E-state index in [1.807, 2.05) is 68.6 Å². The van der Waals surface area contributed by atoms with Crippen molar-refractivity contribution in [2.45, 2.75) is 84.2 Å². The van der Waals surface area contributed by atoms with Gasteiger partial charge in [-0.1, -0.05) is 48.5 Å². The Labute approximate surface area is 231 Å². The van der Waals surface area contributed by atoms with Gasteiger partial charge in [-0.2, -0.15) is 11.8 Å². The van der Waals surface area contributed by atoms with Gasteiger partial charge in [-0.25, -0.2) is 4.79 Å². The molecule has 1 saturated carbocycles. The van der Waals surface area contributed by atoms with Gasteiger partial charge in [0.15, 0.2) is 0 Å². The lowest BCUT2D eigenvalue weighted by molar-refractivity contribution is -0.143. The van der Waals surface area contributed by atoms with Crippen LogP contribution in [0.25, 0.3) is 0 Å². The molecule has 8 heteroatoms. The molecule has 3 rings (SSSR count). The number of carbonyl (C=O) groups excluding carboxylic acids is 3. The second-order valence-electron chi connectivity index (χ2n) is 10.9. The topological polar surface area (TPSA) is 87.7 Å². The number of hydrogen-bond donors (Lipinski definition) is 2. The number of aryl methyl sites for hydroxylation is 1. The largest absolute Gasteiger partial charge is 0.444 e. The Morgan fingerprint density at radius 2 is 1.74 bits per heavy atom. The third-order valence-corrected chi connectivity index (χ3v) is 7.22. The number of thioether (sulfide) groups is 1. The molecule has 1 aliphatic rings. The molecule has 0 bridgehead atoms. The van der Waals surface area contributed by atoms with Gasteiger partial charge in [-0.3, -0.25) is 9.59 Å². The minimum atomic E-state index is -0.809. The normalized spacial score (nSPS) is 14.8. The van der Waals surface area contributed by atoms with Crippen LogP contribution < -0.4 is 10.6 Å². The summed E-state index contributed by atoms with van der Waals surface area (Å²) in [4.78, 5) is 42.5. The van der Waals surface area contributed by atoms with Crippen molar-refractivity contribution in [2.75, 3.05) is 12.0 Å². The molecule has 2 aromatic rings. The van der Waals surface area contributed by atoms with E-state index in [0.29, 0.717) is 18.7 Å². The second kappa shape index (κ2) is 13.2. The quantitative estimate of drug-likeness (QED) is 0.405. The van der Waals surface area contributed by atoms with Gasteiger partial charge in [0.25, 0.3) is 0 Å². The Kier molecular flexibility index (Phi) is 10.3. The van der Waals surface area contributed by atoms with Crippen LogP contribution in [-0.2, 0) is 20.9 Å². The van der Waals surface area contributed by atoms with Crippen LogP contribution in [0.1, 0.15) is 68.3 Å². The van der Waals surface area contributed by atoms with Gasteiger partial charge in [0, 0.05) is 12.6 Å². The van der Waals surface area contributed by atoms with Crippen LogP contribution >= 0.6 is 11.8 Å². The molecular formula is C30H41N3O4S. The van der Waals surface area contributed by atoms with Gasteiger partial charge in [-0.05, 0) is 88.1 Å². The van der Waals surface area contributed by atoms with E-state index in [4.69, 9.17) is 4.74 Å². The van der Waals surface area contributed by atoms with Gasteiger partial charge < -0.3 is 20.3 Å². The molecule has 0 heterocycles. The highest BCUT2D eigenvalue weighted by Gasteiger charge is 2.44. The monoisotopic (exact) mass is 539 g/mol. The van der Waals surface area contributed by atoms with Crippen LogP contribution in [0.15, 0.2) is 48.5 Å². The summed E-state index contributed by atoms with van der Waals surface area (Å²) in [5.41, 5.74) is 3.13. The maximum Gasteiger partial charge on any atom is 0.408 e. The van der Waals surface area contributed by atoms with Crippen LogP contribution in [0, 0.1) is 13.8 Å². The Balaban J connectivity index is 1.96. The molecule has 0 aliphatic heterocycles. The molecule has 206 valence electrons. The fourth-order valence-corrected chi connectivity index (χ4v) is 4.83. The molecule has 0 spiro atoms. The lowest BCUT2D eigenvalue weighted by Gasteiger charge is -2.35. The zero-order chi connectivity index (χ0) is 27.9. The first-order chi connectivity index (χ1) is 18.0. The third-order valence-electron chi connectivity index (χ3n) is 6.57. The van der Waals surface area contributed by atoms with E-state index in [1.54, 1.807) is 37.4 Å². The van der Waals surface area contributed by atoms with Crippen molar-refractivity contribution in [1.82, 2.24) is 15.5 Å². The number of rotatable bonds is 11. The molecule has 0 aromatic heterocycles. The van der Waals surface area contributed by atoms with E-state index >= 15 is 0 Å². The number of ether oxygens (including phenoxy) is 1. The molecule has 1 aliphatic carbocycles. The van der Waals surface area contributed by atoms with E-state index in [1.165, 1.54) is 0 Å². The summed E-state index contributed by atoms with van der Waals surface area (Å²) in [5, 5.41) is 5.87. The molecule has 2 aromatic carbocycles. The highest BCUT2D eigenvalue weighted by molar-refractivity contribution is 7.98. The fraction of sp³-hybridized carbons (Fsp3) is 0.500. The van der Waals surface area contributed by atoms with Crippen molar-refractivity contribution in [2.24, 2.45) is 0 Å². The number of alkyl carbamates (subject to hydrolysis) is 1. The van der Waals surface area contributed by atoms with Crippen LogP contribution in [0.4, 0.5) is 4.79 Å². The van der Waals surface area contributed by atoms with Crippen LogP contribution in [0.5, 0.6) is 0 Å². The number of benzene rings is 2. The van der Waals surface area contributed by atoms with E-state index in [0.717, 1.165) is 35.1 Å². The first-order valence-electron chi connectivity index (χ1n) is 13.2. The summed E-state index contributed by atoms with van der Waals surface area (Å²) in [5.74, 6) is 0.191. The number of hydrogen-bond acceptors (Lipinski definition) is 5. The highest BCUT2D eigenvalue weighted by atomic mass is 32.2. The van der Waals surface area contributed by atoms with E-state index in [-0.39, 0.29) is 17.9 Å². The number of nitrogens with one attached hydrogen (secondary N) is 2. The standard InChI is InChI=1S/C30H41N3O4S/c1-20-11-10-14-24(21(20)2)26(27(34)31-19-22-12-8-7-9-13-22)33(23-15-16-23)28(35)25(17-18-38-6)32-29(36)37-30(3,4)5/h7-14,23,25-26H,15-19H2,1-6H3,(H,31,34)(H,32,36). The smallest absolute Gasteiger partial charge is 0.408 e. The van der Waals surface area contributed by atoms with Crippen molar-refractivity contribution >= 4 is 29.7 Å². The van der Waals surface area contributed by atoms with Crippen molar-refractivity contribution in [3.63, 3.8) is 0 Å². The zero-order valence-electron chi connectivity index (χ0n) is 23.4. The average Bonchev–Trinajstić information content (AvgIpc) is 3.70. The minimum Gasteiger partial charge on any atom is -0.444 e. The summed E-state index contributed by atoms with van der Waals surface area (Å²) < 4.78 is 5.46. The molecule has 2 N–H and O–H groups in total. The Morgan fingerprint density at radius 3 is 2.34 bits per heavy atom. The predicted octanol–water partition coefficient (Wildman–Crippen LogP) is 5.30. The Bertz CT molecular complexity index is 1110. The van der Waals surface area contributed by atoms with Crippen molar-refractivity contribution < 1.29 is 19.1 Å². The lowest BCUT2D eigenvalue weighted by atomic mass is 9.94. The molecule has 2 unspecified atom stereocenters. The molecule has 0 radical (unpaired) electrons. The zero-order valence-corrected chi connectivity index (χ0v) is 24.2. The first kappa shape index (κ1) is 29.6. The lowest BCUT2D eigenvalue weighted by Crippen LogP contribution is -2.54. The molecular weight excluding hydrogens is 498 g/mol. The summed E-state index contributed by atoms with van der Waals surface area (Å²) in [7, 11) is 0. The number of amides is 3. The summed E-state index contributed by atoms with van der Waals surface area (Å²) in [6.45, 7) is 9.72. The summed E-state index contributed by atoms with van der Waals surface area (Å²) in [6.07, 6.45) is 3.41. The molecule has 1 fully saturated rings. The third kappa shape index (κ3) is 8.25. The second-order valence-corrected chi connectivity index (χ2v) is 11.8. The SMILES string of the molecule is CSCCC(NC(=O)OC(C)(C)C)C(=O)N(C1CC1)C(C(=O)NCc1ccccc1)c1cccc(C)c1C. The Morgan fingerprint density at radius 1 is 1.05 bits per heavy atom. The van der Waals surface area contributed by atoms with Crippen LogP contribution in [-0.4, -0.2) is 52.5 Å². The molecule has 2 atom stereocenters. The first-order valence-corrected chi connectivity index (χ1v) is 14.6. The van der Waals surface area contributed by atoms with Gasteiger partial charge in [0.2, 0.25) is 11.8 Å². The van der Waals surface area contributed by atoms with Gasteiger partial charge in [0.05, 0.1) is 0 Å². The maximum absolute atomic E-state index is 14.2. The van der Waals surface area contributed by atoms with Crippen molar-refractivity contribution in [1.29, 1.82) is 0 Å². The maximum atomic E-state index is 14.2. The van der Waals surface area contributed by atoms with E-state index in [9.17, 15) is 14.4 Å². The summed E-state index contributed by atoms with van der Waals surface area (Å²) in [6, 6.07) is 13.9. The predicted molar refractivity (Wildman–Crippen MR) is 153 cm³/mol. The fourth-order valence-electron chi connectivity index (χ4n) is 4.36. The number of nitrogens with zero attached hydrogens (tertiary/aromatic N) is 1. The molecule has 38 heavy (non-hydrogen) atoms. The highest BCUT2D eigenvalue weighted by Crippen LogP contribution is 2.37. The summed E-state index contributed by atoms with van der Waals surface area (Å²) >= 11 is 1.60. The van der Waals surface area contributed by atoms with Gasteiger partial charge in [0.1, 0.15) is 17.7 Å². The van der Waals surface area contributed by atoms with E-state index < -0.39 is 23.8 Å².